The van der Waals surface area contributed by atoms with Gasteiger partial charge in [0.15, 0.2) is 5.78 Å². The Bertz CT molecular complexity index is 1110. The zero-order valence-electron chi connectivity index (χ0n) is 28.8. The maximum absolute atomic E-state index is 12.6. The van der Waals surface area contributed by atoms with Gasteiger partial charge in [-0.3, -0.25) is 4.79 Å². The lowest BCUT2D eigenvalue weighted by Gasteiger charge is -2.58. The highest BCUT2D eigenvalue weighted by molar-refractivity contribution is 5.86. The van der Waals surface area contributed by atoms with Crippen LogP contribution in [0.1, 0.15) is 112 Å². The Morgan fingerprint density at radius 2 is 1.76 bits per heavy atom. The van der Waals surface area contributed by atoms with Crippen LogP contribution in [0.3, 0.4) is 0 Å². The quantitative estimate of drug-likeness (QED) is 0.133. The van der Waals surface area contributed by atoms with Gasteiger partial charge in [-0.15, -0.1) is 0 Å². The van der Waals surface area contributed by atoms with Gasteiger partial charge in [0.05, 0.1) is 12.0 Å². The molecule has 45 heavy (non-hydrogen) atoms. The fraction of sp³-hybridized carbons (Fsp3) is 0.865. The Hall–Kier alpha value is -2.09. The van der Waals surface area contributed by atoms with E-state index >= 15 is 0 Å². The van der Waals surface area contributed by atoms with Crippen molar-refractivity contribution >= 4 is 18.0 Å². The minimum atomic E-state index is -0.911. The summed E-state index contributed by atoms with van der Waals surface area (Å²) >= 11 is 0. The molecule has 1 saturated heterocycles. The lowest BCUT2D eigenvalue weighted by Crippen LogP contribution is -2.51. The second-order valence-corrected chi connectivity index (χ2v) is 16.4. The molecule has 0 bridgehead atoms. The third-order valence-corrected chi connectivity index (χ3v) is 13.0. The van der Waals surface area contributed by atoms with Crippen molar-refractivity contribution in [1.29, 1.82) is 0 Å². The number of allylic oxidation sites excluding steroid dienone is 1. The normalized spacial score (nSPS) is 36.0. The van der Waals surface area contributed by atoms with Crippen LogP contribution in [0, 0.1) is 51.8 Å². The predicted molar refractivity (Wildman–Crippen MR) is 173 cm³/mol. The largest absolute Gasteiger partial charge is 0.508 e. The van der Waals surface area contributed by atoms with Crippen LogP contribution in [0.25, 0.3) is 0 Å². The van der Waals surface area contributed by atoms with Crippen LogP contribution >= 0.6 is 0 Å². The van der Waals surface area contributed by atoms with Crippen LogP contribution in [-0.4, -0.2) is 57.1 Å². The lowest BCUT2D eigenvalue weighted by atomic mass is 9.47. The van der Waals surface area contributed by atoms with Gasteiger partial charge in [-0.2, -0.15) is 0 Å². The molecule has 4 fully saturated rings. The van der Waals surface area contributed by atoms with E-state index in [0.29, 0.717) is 5.41 Å². The van der Waals surface area contributed by atoms with Crippen molar-refractivity contribution in [3.63, 3.8) is 0 Å². The van der Waals surface area contributed by atoms with Crippen LogP contribution < -0.4 is 5.32 Å². The van der Waals surface area contributed by atoms with Crippen molar-refractivity contribution in [3.8, 4) is 0 Å². The van der Waals surface area contributed by atoms with Crippen LogP contribution in [0.4, 0.5) is 9.59 Å². The third kappa shape index (κ3) is 7.26. The van der Waals surface area contributed by atoms with Crippen molar-refractivity contribution in [2.24, 2.45) is 51.8 Å². The summed E-state index contributed by atoms with van der Waals surface area (Å²) in [7, 11) is 0. The molecule has 0 aromatic rings. The number of ketones is 1. The monoisotopic (exact) mass is 629 g/mol. The van der Waals surface area contributed by atoms with Crippen molar-refractivity contribution in [1.82, 2.24) is 5.32 Å². The van der Waals surface area contributed by atoms with Crippen molar-refractivity contribution in [2.45, 2.75) is 118 Å². The first-order valence-corrected chi connectivity index (χ1v) is 17.9. The fourth-order valence-corrected chi connectivity index (χ4v) is 10.2. The van der Waals surface area contributed by atoms with Gasteiger partial charge in [-0.1, -0.05) is 65.5 Å². The molecule has 2 unspecified atom stereocenters. The van der Waals surface area contributed by atoms with Crippen LogP contribution in [0.5, 0.6) is 0 Å². The average Bonchev–Trinajstić information content (AvgIpc) is 3.35. The zero-order chi connectivity index (χ0) is 32.4. The highest BCUT2D eigenvalue weighted by atomic mass is 16.7. The standard InChI is InChI=1S/C37H59NO7/c1-24(2)8-7-9-25(3)29-12-13-30-28-11-10-26-20-27(14-16-36(26,5)31(28)15-17-37(29,30)6)45-33(40)38-18-19-42-21-32(39)35(4)22-43-34(41)44-23-35/h10,24-25,27-31H,7-9,11-23H2,1-6H3,(H,38,40)/t25-,27?,28+,29?,30+,31+,36+,37-/m1/s1. The summed E-state index contributed by atoms with van der Waals surface area (Å²) in [5, 5.41) is 2.77. The first kappa shape index (κ1) is 34.3. The summed E-state index contributed by atoms with van der Waals surface area (Å²) in [5.41, 5.74) is 1.32. The summed E-state index contributed by atoms with van der Waals surface area (Å²) in [4.78, 5) is 36.2. The van der Waals surface area contributed by atoms with Gasteiger partial charge in [-0.25, -0.2) is 9.59 Å². The summed E-state index contributed by atoms with van der Waals surface area (Å²) in [6.45, 7) is 14.4. The van der Waals surface area contributed by atoms with Crippen LogP contribution in [-0.2, 0) is 23.7 Å². The van der Waals surface area contributed by atoms with Gasteiger partial charge >= 0.3 is 12.2 Å². The Kier molecular flexibility index (Phi) is 10.6. The molecule has 0 aromatic heterocycles. The van der Waals surface area contributed by atoms with Gasteiger partial charge < -0.3 is 24.3 Å². The maximum atomic E-state index is 12.6. The van der Waals surface area contributed by atoms with E-state index in [1.165, 1.54) is 56.9 Å². The number of alkyl carbamates (subject to hydrolysis) is 1. The second kappa shape index (κ2) is 13.9. The summed E-state index contributed by atoms with van der Waals surface area (Å²) in [6, 6.07) is 0. The van der Waals surface area contributed by atoms with E-state index in [2.05, 4.69) is 46.0 Å². The molecule has 0 aromatic carbocycles. The Balaban J connectivity index is 1.07. The number of cyclic esters (lactones) is 2. The van der Waals surface area contributed by atoms with Crippen molar-refractivity contribution < 1.29 is 33.3 Å². The molecular weight excluding hydrogens is 570 g/mol. The maximum Gasteiger partial charge on any atom is 0.508 e. The first-order valence-electron chi connectivity index (χ1n) is 17.9. The number of hydrogen-bond donors (Lipinski definition) is 1. The van der Waals surface area contributed by atoms with Gasteiger partial charge in [0.2, 0.25) is 0 Å². The van der Waals surface area contributed by atoms with E-state index in [4.69, 9.17) is 18.9 Å². The minimum absolute atomic E-state index is 0.0186. The number of carbonyl (C=O) groups is 3. The molecule has 1 aliphatic heterocycles. The number of nitrogens with one attached hydrogen (secondary N) is 1. The zero-order valence-corrected chi connectivity index (χ0v) is 28.8. The summed E-state index contributed by atoms with van der Waals surface area (Å²) < 4.78 is 21.0. The smallest absolute Gasteiger partial charge is 0.446 e. The molecule has 8 atom stereocenters. The van der Waals surface area contributed by atoms with Gasteiger partial charge in [0.1, 0.15) is 25.9 Å². The average molecular weight is 630 g/mol. The number of carbonyl (C=O) groups excluding carboxylic acids is 3. The van der Waals surface area contributed by atoms with E-state index in [-0.39, 0.29) is 50.3 Å². The van der Waals surface area contributed by atoms with Crippen LogP contribution in [0.15, 0.2) is 11.6 Å². The van der Waals surface area contributed by atoms with E-state index < -0.39 is 17.7 Å². The summed E-state index contributed by atoms with van der Waals surface area (Å²) in [6.07, 6.45) is 14.9. The molecule has 4 aliphatic carbocycles. The number of rotatable bonds is 12. The number of ether oxygens (including phenoxy) is 4. The molecule has 5 aliphatic rings. The third-order valence-electron chi connectivity index (χ3n) is 13.0. The molecule has 3 saturated carbocycles. The van der Waals surface area contributed by atoms with Gasteiger partial charge in [0, 0.05) is 13.0 Å². The molecule has 8 heteroatoms. The lowest BCUT2D eigenvalue weighted by molar-refractivity contribution is -0.143. The second-order valence-electron chi connectivity index (χ2n) is 16.4. The molecule has 5 rings (SSSR count). The predicted octanol–water partition coefficient (Wildman–Crippen LogP) is 7.88. The van der Waals surface area contributed by atoms with Crippen molar-refractivity contribution in [2.75, 3.05) is 33.0 Å². The first-order chi connectivity index (χ1) is 21.4. The summed E-state index contributed by atoms with van der Waals surface area (Å²) in [5.74, 6) is 4.69. The molecule has 1 N–H and O–H groups in total. The van der Waals surface area contributed by atoms with Crippen LogP contribution in [0.2, 0.25) is 0 Å². The van der Waals surface area contributed by atoms with Gasteiger partial charge in [0.25, 0.3) is 0 Å². The molecule has 8 nitrogen and oxygen atoms in total. The molecule has 0 spiro atoms. The molecule has 0 radical (unpaired) electrons. The Morgan fingerprint density at radius 1 is 1.00 bits per heavy atom. The van der Waals surface area contributed by atoms with E-state index in [9.17, 15) is 14.4 Å². The van der Waals surface area contributed by atoms with Crippen molar-refractivity contribution in [3.05, 3.63) is 11.6 Å². The fourth-order valence-electron chi connectivity index (χ4n) is 10.2. The highest BCUT2D eigenvalue weighted by Gasteiger charge is 2.59. The number of amides is 1. The van der Waals surface area contributed by atoms with E-state index in [1.807, 2.05) is 0 Å². The topological polar surface area (TPSA) is 100 Å². The van der Waals surface area contributed by atoms with E-state index in [0.717, 1.165) is 54.8 Å². The molecule has 254 valence electrons. The minimum Gasteiger partial charge on any atom is -0.446 e. The molecule has 1 amide bonds. The number of hydrogen-bond acceptors (Lipinski definition) is 7. The van der Waals surface area contributed by atoms with E-state index in [1.54, 1.807) is 6.92 Å². The SMILES string of the molecule is CC(C)CCC[C@@H](C)C1CC[C@H]2[C@@H]3CC=C4CC(OC(=O)NCCOCC(=O)C5(C)COC(=O)OC5)CC[C@]4(C)[C@H]3CC[C@]12C. The molecule has 1 heterocycles. The molecular formula is C37H59NO7. The number of Topliss-reactive ketones (excluding diaryl/α,β-unsaturated/α-hetero) is 1. The Labute approximate surface area is 271 Å². The number of fused-ring (bicyclic) bond motifs is 5. The van der Waals surface area contributed by atoms with Gasteiger partial charge in [-0.05, 0) is 98.2 Å². The highest BCUT2D eigenvalue weighted by Crippen LogP contribution is 2.67. The Morgan fingerprint density at radius 3 is 2.49 bits per heavy atom.